The SMILES string of the molecule is O=C(NCc1cc(Cl)c2c(c1)OCCO2)C1CCNCC1. The molecule has 1 amide bonds. The first-order valence-corrected chi connectivity index (χ1v) is 7.68. The Bertz CT molecular complexity index is 530. The van der Waals surface area contributed by atoms with Gasteiger partial charge in [-0.2, -0.15) is 0 Å². The Kier molecular flexibility index (Phi) is 4.51. The van der Waals surface area contributed by atoms with Crippen molar-refractivity contribution < 1.29 is 14.3 Å². The average molecular weight is 311 g/mol. The summed E-state index contributed by atoms with van der Waals surface area (Å²) >= 11 is 6.19. The van der Waals surface area contributed by atoms with Gasteiger partial charge in [-0.15, -0.1) is 0 Å². The molecule has 0 atom stereocenters. The van der Waals surface area contributed by atoms with Gasteiger partial charge in [0.05, 0.1) is 5.02 Å². The average Bonchev–Trinajstić information content (AvgIpc) is 2.53. The van der Waals surface area contributed by atoms with Crippen LogP contribution in [-0.4, -0.2) is 32.2 Å². The van der Waals surface area contributed by atoms with Crippen molar-refractivity contribution in [2.24, 2.45) is 5.92 Å². The van der Waals surface area contributed by atoms with E-state index < -0.39 is 0 Å². The lowest BCUT2D eigenvalue weighted by molar-refractivity contribution is -0.125. The molecule has 1 saturated heterocycles. The second kappa shape index (κ2) is 6.54. The highest BCUT2D eigenvalue weighted by Gasteiger charge is 2.21. The fraction of sp³-hybridized carbons (Fsp3) is 0.533. The summed E-state index contributed by atoms with van der Waals surface area (Å²) < 4.78 is 11.0. The van der Waals surface area contributed by atoms with Crippen molar-refractivity contribution in [2.75, 3.05) is 26.3 Å². The van der Waals surface area contributed by atoms with Crippen molar-refractivity contribution in [2.45, 2.75) is 19.4 Å². The Morgan fingerprint density at radius 1 is 1.29 bits per heavy atom. The molecule has 0 aromatic heterocycles. The minimum absolute atomic E-state index is 0.110. The summed E-state index contributed by atoms with van der Waals surface area (Å²) in [6.07, 6.45) is 1.79. The van der Waals surface area contributed by atoms with E-state index in [0.29, 0.717) is 36.3 Å². The van der Waals surface area contributed by atoms with E-state index >= 15 is 0 Å². The molecule has 0 aliphatic carbocycles. The number of ether oxygens (including phenoxy) is 2. The van der Waals surface area contributed by atoms with Crippen LogP contribution in [0.25, 0.3) is 0 Å². The minimum atomic E-state index is 0.110. The number of benzene rings is 1. The van der Waals surface area contributed by atoms with E-state index in [-0.39, 0.29) is 11.8 Å². The summed E-state index contributed by atoms with van der Waals surface area (Å²) in [7, 11) is 0. The number of amides is 1. The zero-order valence-corrected chi connectivity index (χ0v) is 12.5. The number of carbonyl (C=O) groups excluding carboxylic acids is 1. The number of carbonyl (C=O) groups is 1. The van der Waals surface area contributed by atoms with Crippen LogP contribution < -0.4 is 20.1 Å². The first kappa shape index (κ1) is 14.5. The van der Waals surface area contributed by atoms with Gasteiger partial charge in [-0.3, -0.25) is 4.79 Å². The molecular formula is C15H19ClN2O3. The fourth-order valence-electron chi connectivity index (χ4n) is 2.68. The lowest BCUT2D eigenvalue weighted by Crippen LogP contribution is -2.37. The first-order valence-electron chi connectivity index (χ1n) is 7.30. The molecule has 2 aliphatic heterocycles. The van der Waals surface area contributed by atoms with Crippen molar-refractivity contribution in [1.29, 1.82) is 0 Å². The molecule has 1 fully saturated rings. The van der Waals surface area contributed by atoms with Gasteiger partial charge in [0.1, 0.15) is 13.2 Å². The van der Waals surface area contributed by atoms with Gasteiger partial charge in [-0.05, 0) is 43.6 Å². The molecule has 0 saturated carbocycles. The van der Waals surface area contributed by atoms with Crippen LogP contribution >= 0.6 is 11.6 Å². The smallest absolute Gasteiger partial charge is 0.223 e. The third-order valence-corrected chi connectivity index (χ3v) is 4.11. The van der Waals surface area contributed by atoms with E-state index in [2.05, 4.69) is 10.6 Å². The number of halogens is 1. The van der Waals surface area contributed by atoms with Crippen LogP contribution in [0.3, 0.4) is 0 Å². The number of nitrogens with one attached hydrogen (secondary N) is 2. The molecule has 21 heavy (non-hydrogen) atoms. The van der Waals surface area contributed by atoms with E-state index in [1.807, 2.05) is 12.1 Å². The van der Waals surface area contributed by atoms with Crippen LogP contribution in [0.4, 0.5) is 0 Å². The van der Waals surface area contributed by atoms with Crippen LogP contribution in [0.15, 0.2) is 12.1 Å². The van der Waals surface area contributed by atoms with Gasteiger partial charge < -0.3 is 20.1 Å². The Morgan fingerprint density at radius 3 is 2.86 bits per heavy atom. The van der Waals surface area contributed by atoms with Crippen molar-refractivity contribution in [3.63, 3.8) is 0 Å². The number of rotatable bonds is 3. The summed E-state index contributed by atoms with van der Waals surface area (Å²) in [5.74, 6) is 1.47. The van der Waals surface area contributed by atoms with Gasteiger partial charge in [0, 0.05) is 12.5 Å². The quantitative estimate of drug-likeness (QED) is 0.892. The zero-order valence-electron chi connectivity index (χ0n) is 11.8. The van der Waals surface area contributed by atoms with Gasteiger partial charge in [0.25, 0.3) is 0 Å². The van der Waals surface area contributed by atoms with Crippen LogP contribution in [-0.2, 0) is 11.3 Å². The standard InChI is InChI=1S/C15H19ClN2O3/c16-12-7-10(8-13-14(12)21-6-5-20-13)9-18-15(19)11-1-3-17-4-2-11/h7-8,11,17H,1-6,9H2,(H,18,19). The number of hydrogen-bond acceptors (Lipinski definition) is 4. The predicted molar refractivity (Wildman–Crippen MR) is 79.9 cm³/mol. The topological polar surface area (TPSA) is 59.6 Å². The highest BCUT2D eigenvalue weighted by molar-refractivity contribution is 6.32. The largest absolute Gasteiger partial charge is 0.486 e. The van der Waals surface area contributed by atoms with E-state index in [9.17, 15) is 4.79 Å². The van der Waals surface area contributed by atoms with Gasteiger partial charge >= 0.3 is 0 Å². The number of piperidine rings is 1. The van der Waals surface area contributed by atoms with Crippen molar-refractivity contribution in [3.8, 4) is 11.5 Å². The van der Waals surface area contributed by atoms with Gasteiger partial charge in [0.15, 0.2) is 11.5 Å². The molecular weight excluding hydrogens is 292 g/mol. The molecule has 2 heterocycles. The zero-order chi connectivity index (χ0) is 14.7. The summed E-state index contributed by atoms with van der Waals surface area (Å²) in [6.45, 7) is 3.31. The maximum absolute atomic E-state index is 12.1. The van der Waals surface area contributed by atoms with E-state index in [0.717, 1.165) is 31.5 Å². The fourth-order valence-corrected chi connectivity index (χ4v) is 2.97. The van der Waals surface area contributed by atoms with Crippen molar-refractivity contribution >= 4 is 17.5 Å². The first-order chi connectivity index (χ1) is 10.2. The van der Waals surface area contributed by atoms with Gasteiger partial charge in [-0.1, -0.05) is 11.6 Å². The molecule has 0 spiro atoms. The number of fused-ring (bicyclic) bond motifs is 1. The van der Waals surface area contributed by atoms with Crippen molar-refractivity contribution in [3.05, 3.63) is 22.7 Å². The normalized spacial score (nSPS) is 18.3. The van der Waals surface area contributed by atoms with Crippen LogP contribution in [0.1, 0.15) is 18.4 Å². The Labute approximate surface area is 128 Å². The Morgan fingerprint density at radius 2 is 2.05 bits per heavy atom. The minimum Gasteiger partial charge on any atom is -0.486 e. The molecule has 3 rings (SSSR count). The van der Waals surface area contributed by atoms with Crippen LogP contribution in [0.5, 0.6) is 11.5 Å². The van der Waals surface area contributed by atoms with E-state index in [4.69, 9.17) is 21.1 Å². The highest BCUT2D eigenvalue weighted by atomic mass is 35.5. The molecule has 5 nitrogen and oxygen atoms in total. The maximum atomic E-state index is 12.1. The molecule has 1 aromatic carbocycles. The monoisotopic (exact) mass is 310 g/mol. The maximum Gasteiger partial charge on any atom is 0.223 e. The predicted octanol–water partition coefficient (Wildman–Crippen LogP) is 1.73. The molecule has 2 N–H and O–H groups in total. The number of hydrogen-bond donors (Lipinski definition) is 2. The lowest BCUT2D eigenvalue weighted by Gasteiger charge is -2.22. The summed E-state index contributed by atoms with van der Waals surface area (Å²) in [4.78, 5) is 12.1. The molecule has 6 heteroatoms. The Hall–Kier alpha value is -1.46. The summed E-state index contributed by atoms with van der Waals surface area (Å²) in [5.41, 5.74) is 0.923. The summed E-state index contributed by atoms with van der Waals surface area (Å²) in [6, 6.07) is 3.70. The van der Waals surface area contributed by atoms with Crippen LogP contribution in [0.2, 0.25) is 5.02 Å². The van der Waals surface area contributed by atoms with E-state index in [1.165, 1.54) is 0 Å². The van der Waals surface area contributed by atoms with E-state index in [1.54, 1.807) is 0 Å². The molecule has 0 unspecified atom stereocenters. The molecule has 1 aromatic rings. The summed E-state index contributed by atoms with van der Waals surface area (Å²) in [5, 5.41) is 6.76. The highest BCUT2D eigenvalue weighted by Crippen LogP contribution is 2.38. The lowest BCUT2D eigenvalue weighted by atomic mass is 9.97. The second-order valence-electron chi connectivity index (χ2n) is 5.34. The van der Waals surface area contributed by atoms with Crippen LogP contribution in [0, 0.1) is 5.92 Å². The van der Waals surface area contributed by atoms with Crippen molar-refractivity contribution in [1.82, 2.24) is 10.6 Å². The third kappa shape index (κ3) is 3.41. The van der Waals surface area contributed by atoms with Gasteiger partial charge in [0.2, 0.25) is 5.91 Å². The molecule has 0 radical (unpaired) electrons. The Balaban J connectivity index is 1.62. The van der Waals surface area contributed by atoms with Gasteiger partial charge in [-0.25, -0.2) is 0 Å². The molecule has 2 aliphatic rings. The third-order valence-electron chi connectivity index (χ3n) is 3.83. The molecule has 0 bridgehead atoms. The second-order valence-corrected chi connectivity index (χ2v) is 5.75. The molecule has 114 valence electrons.